The molecule has 0 heterocycles. The van der Waals surface area contributed by atoms with Crippen molar-refractivity contribution in [3.63, 3.8) is 0 Å². The normalized spacial score (nSPS) is 17.7. The molecule has 0 saturated heterocycles. The summed E-state index contributed by atoms with van der Waals surface area (Å²) >= 11 is 0. The van der Waals surface area contributed by atoms with Gasteiger partial charge in [0, 0.05) is 11.8 Å². The lowest BCUT2D eigenvalue weighted by Crippen LogP contribution is -2.30. The standard InChI is InChI=1S/C22H46N2/c1-9-17(5)13-21(14-18(6)10-2)23-24-22(15-19(7)11-3)16-20(8)12-4/h17-21,23H,9-16H2,1-8H3. The molecule has 0 fully saturated rings. The van der Waals surface area contributed by atoms with Crippen molar-refractivity contribution in [1.82, 2.24) is 5.43 Å². The Hall–Kier alpha value is -0.530. The molecule has 0 aliphatic carbocycles. The van der Waals surface area contributed by atoms with E-state index in [2.05, 4.69) is 60.8 Å². The van der Waals surface area contributed by atoms with Gasteiger partial charge in [0.25, 0.3) is 0 Å². The topological polar surface area (TPSA) is 24.4 Å². The zero-order valence-corrected chi connectivity index (χ0v) is 18.0. The van der Waals surface area contributed by atoms with Crippen LogP contribution in [0.15, 0.2) is 5.10 Å². The summed E-state index contributed by atoms with van der Waals surface area (Å²) in [6.45, 7) is 18.6. The van der Waals surface area contributed by atoms with Crippen LogP contribution in [-0.2, 0) is 0 Å². The third-order valence-electron chi connectivity index (χ3n) is 5.73. The molecule has 0 aliphatic heterocycles. The van der Waals surface area contributed by atoms with Gasteiger partial charge in [0.15, 0.2) is 0 Å². The second-order valence-electron chi connectivity index (χ2n) is 8.44. The summed E-state index contributed by atoms with van der Waals surface area (Å²) in [7, 11) is 0. The number of rotatable bonds is 14. The number of hydrogen-bond acceptors (Lipinski definition) is 2. The van der Waals surface area contributed by atoms with Crippen LogP contribution in [-0.4, -0.2) is 11.8 Å². The molecule has 0 rings (SSSR count). The average Bonchev–Trinajstić information content (AvgIpc) is 2.58. The minimum atomic E-state index is 0.527. The van der Waals surface area contributed by atoms with Crippen LogP contribution >= 0.6 is 0 Å². The van der Waals surface area contributed by atoms with Crippen LogP contribution in [0.4, 0.5) is 0 Å². The average molecular weight is 339 g/mol. The van der Waals surface area contributed by atoms with Crippen LogP contribution in [0.3, 0.4) is 0 Å². The molecule has 0 bridgehead atoms. The van der Waals surface area contributed by atoms with Gasteiger partial charge in [0.1, 0.15) is 0 Å². The van der Waals surface area contributed by atoms with Crippen LogP contribution in [0.1, 0.15) is 107 Å². The lowest BCUT2D eigenvalue weighted by atomic mass is 9.92. The maximum Gasteiger partial charge on any atom is 0.0445 e. The fraction of sp³-hybridized carbons (Fsp3) is 0.955. The molecule has 1 N–H and O–H groups in total. The van der Waals surface area contributed by atoms with Gasteiger partial charge in [0.2, 0.25) is 0 Å². The minimum Gasteiger partial charge on any atom is -0.307 e. The van der Waals surface area contributed by atoms with Crippen molar-refractivity contribution >= 4 is 5.71 Å². The summed E-state index contributed by atoms with van der Waals surface area (Å²) < 4.78 is 0. The monoisotopic (exact) mass is 338 g/mol. The maximum atomic E-state index is 4.94. The summed E-state index contributed by atoms with van der Waals surface area (Å²) in [5.41, 5.74) is 4.98. The highest BCUT2D eigenvalue weighted by atomic mass is 15.3. The maximum absolute atomic E-state index is 4.94. The van der Waals surface area contributed by atoms with Crippen LogP contribution in [0.5, 0.6) is 0 Å². The van der Waals surface area contributed by atoms with E-state index in [1.807, 2.05) is 0 Å². The smallest absolute Gasteiger partial charge is 0.0445 e. The Morgan fingerprint density at radius 2 is 1.04 bits per heavy atom. The van der Waals surface area contributed by atoms with Crippen LogP contribution < -0.4 is 5.43 Å². The van der Waals surface area contributed by atoms with Gasteiger partial charge in [-0.2, -0.15) is 5.10 Å². The third kappa shape index (κ3) is 11.1. The molecule has 0 aromatic carbocycles. The van der Waals surface area contributed by atoms with Gasteiger partial charge in [-0.25, -0.2) is 0 Å². The summed E-state index contributed by atoms with van der Waals surface area (Å²) in [6, 6.07) is 0.527. The molecule has 0 amide bonds. The van der Waals surface area contributed by atoms with E-state index in [0.29, 0.717) is 6.04 Å². The van der Waals surface area contributed by atoms with Crippen LogP contribution in [0.2, 0.25) is 0 Å². The van der Waals surface area contributed by atoms with Gasteiger partial charge in [-0.05, 0) is 49.4 Å². The Morgan fingerprint density at radius 1 is 0.667 bits per heavy atom. The largest absolute Gasteiger partial charge is 0.307 e. The van der Waals surface area contributed by atoms with Crippen molar-refractivity contribution in [3.8, 4) is 0 Å². The second-order valence-corrected chi connectivity index (χ2v) is 8.44. The highest BCUT2D eigenvalue weighted by Crippen LogP contribution is 2.19. The Labute approximate surface area is 153 Å². The first kappa shape index (κ1) is 23.5. The van der Waals surface area contributed by atoms with E-state index in [0.717, 1.165) is 36.5 Å². The van der Waals surface area contributed by atoms with Crippen molar-refractivity contribution in [2.24, 2.45) is 28.8 Å². The summed E-state index contributed by atoms with van der Waals surface area (Å²) in [5, 5.41) is 4.94. The van der Waals surface area contributed by atoms with Crippen molar-refractivity contribution < 1.29 is 0 Å². The molecule has 0 aliphatic rings. The number of hydrogen-bond donors (Lipinski definition) is 1. The van der Waals surface area contributed by atoms with E-state index in [1.165, 1.54) is 44.2 Å². The minimum absolute atomic E-state index is 0.527. The first-order valence-corrected chi connectivity index (χ1v) is 10.7. The van der Waals surface area contributed by atoms with E-state index in [4.69, 9.17) is 5.10 Å². The third-order valence-corrected chi connectivity index (χ3v) is 5.73. The van der Waals surface area contributed by atoms with Crippen LogP contribution in [0, 0.1) is 23.7 Å². The predicted octanol–water partition coefficient (Wildman–Crippen LogP) is 7.05. The fourth-order valence-electron chi connectivity index (χ4n) is 2.96. The van der Waals surface area contributed by atoms with E-state index in [1.54, 1.807) is 0 Å². The predicted molar refractivity (Wildman–Crippen MR) is 111 cm³/mol. The van der Waals surface area contributed by atoms with Gasteiger partial charge in [-0.1, -0.05) is 81.1 Å². The van der Waals surface area contributed by atoms with Crippen molar-refractivity contribution in [3.05, 3.63) is 0 Å². The first-order valence-electron chi connectivity index (χ1n) is 10.7. The van der Waals surface area contributed by atoms with Crippen molar-refractivity contribution in [2.45, 2.75) is 113 Å². The summed E-state index contributed by atoms with van der Waals surface area (Å²) in [5.74, 6) is 3.01. The Balaban J connectivity index is 4.93. The lowest BCUT2D eigenvalue weighted by Gasteiger charge is -2.24. The van der Waals surface area contributed by atoms with Gasteiger partial charge in [0.05, 0.1) is 0 Å². The molecule has 4 unspecified atom stereocenters. The fourth-order valence-corrected chi connectivity index (χ4v) is 2.96. The Kier molecular flexibility index (Phi) is 13.4. The van der Waals surface area contributed by atoms with E-state index < -0.39 is 0 Å². The van der Waals surface area contributed by atoms with Gasteiger partial charge >= 0.3 is 0 Å². The summed E-state index contributed by atoms with van der Waals surface area (Å²) in [4.78, 5) is 0. The van der Waals surface area contributed by atoms with Crippen molar-refractivity contribution in [1.29, 1.82) is 0 Å². The molecule has 144 valence electrons. The highest BCUT2D eigenvalue weighted by molar-refractivity contribution is 5.84. The van der Waals surface area contributed by atoms with E-state index in [-0.39, 0.29) is 0 Å². The zero-order chi connectivity index (χ0) is 18.5. The highest BCUT2D eigenvalue weighted by Gasteiger charge is 2.16. The first-order chi connectivity index (χ1) is 11.4. The molecule has 4 atom stereocenters. The SMILES string of the molecule is CCC(C)CC(CC(C)CC)=NNC(CC(C)CC)CC(C)CC. The van der Waals surface area contributed by atoms with Gasteiger partial charge in [-0.15, -0.1) is 0 Å². The second kappa shape index (κ2) is 13.7. The lowest BCUT2D eigenvalue weighted by molar-refractivity contribution is 0.335. The molecule has 0 saturated carbocycles. The molecule has 0 spiro atoms. The van der Waals surface area contributed by atoms with Gasteiger partial charge in [-0.3, -0.25) is 0 Å². The number of nitrogens with one attached hydrogen (secondary N) is 1. The summed E-state index contributed by atoms with van der Waals surface area (Å²) in [6.07, 6.45) is 9.77. The van der Waals surface area contributed by atoms with E-state index in [9.17, 15) is 0 Å². The Bertz CT molecular complexity index is 298. The zero-order valence-electron chi connectivity index (χ0n) is 18.0. The molecule has 0 aromatic rings. The molecular weight excluding hydrogens is 292 g/mol. The quantitative estimate of drug-likeness (QED) is 0.266. The van der Waals surface area contributed by atoms with Crippen LogP contribution in [0.25, 0.3) is 0 Å². The molecular formula is C22H46N2. The van der Waals surface area contributed by atoms with Gasteiger partial charge < -0.3 is 5.43 Å². The van der Waals surface area contributed by atoms with Crippen molar-refractivity contribution in [2.75, 3.05) is 0 Å². The molecule has 2 nitrogen and oxygen atoms in total. The molecule has 24 heavy (non-hydrogen) atoms. The number of nitrogens with zero attached hydrogens (tertiary/aromatic N) is 1. The Morgan fingerprint density at radius 3 is 1.38 bits per heavy atom. The molecule has 2 heteroatoms. The number of hydrazone groups is 1. The van der Waals surface area contributed by atoms with E-state index >= 15 is 0 Å². The molecule has 0 radical (unpaired) electrons. The molecule has 0 aromatic heterocycles.